The van der Waals surface area contributed by atoms with E-state index in [1.54, 1.807) is 12.1 Å². The van der Waals surface area contributed by atoms with Gasteiger partial charge in [-0.15, -0.1) is 0 Å². The highest BCUT2D eigenvalue weighted by atomic mass is 35.5. The van der Waals surface area contributed by atoms with Crippen molar-refractivity contribution in [2.75, 3.05) is 0 Å². The van der Waals surface area contributed by atoms with Gasteiger partial charge in [0.25, 0.3) is 0 Å². The van der Waals surface area contributed by atoms with Crippen LogP contribution in [0.4, 0.5) is 0 Å². The van der Waals surface area contributed by atoms with Crippen LogP contribution in [-0.4, -0.2) is 11.9 Å². The van der Waals surface area contributed by atoms with Crippen molar-refractivity contribution in [2.45, 2.75) is 46.1 Å². The first kappa shape index (κ1) is 16.2. The van der Waals surface area contributed by atoms with Gasteiger partial charge in [-0.2, -0.15) is 0 Å². The molecule has 0 aromatic heterocycles. The third-order valence-electron chi connectivity index (χ3n) is 4.47. The summed E-state index contributed by atoms with van der Waals surface area (Å²) in [6.07, 6.45) is 3.71. The molecule has 0 radical (unpaired) electrons. The average Bonchev–Trinajstić information content (AvgIpc) is 2.40. The van der Waals surface area contributed by atoms with Crippen LogP contribution < -0.4 is 10.5 Å². The fourth-order valence-corrected chi connectivity index (χ4v) is 3.40. The van der Waals surface area contributed by atoms with E-state index in [0.29, 0.717) is 34.1 Å². The summed E-state index contributed by atoms with van der Waals surface area (Å²) in [7, 11) is 0. The summed E-state index contributed by atoms with van der Waals surface area (Å²) in [4.78, 5) is 0. The van der Waals surface area contributed by atoms with Gasteiger partial charge in [0.2, 0.25) is 0 Å². The predicted octanol–water partition coefficient (Wildman–Crippen LogP) is 4.46. The van der Waals surface area contributed by atoms with Gasteiger partial charge < -0.3 is 10.5 Å². The first-order valence-corrected chi connectivity index (χ1v) is 8.07. The van der Waals surface area contributed by atoms with Gasteiger partial charge in [-0.25, -0.2) is 0 Å². The van der Waals surface area contributed by atoms with Crippen LogP contribution in [0.5, 0.6) is 5.75 Å². The molecule has 1 aromatic rings. The Labute approximate surface area is 132 Å². The molecule has 3 nitrogen and oxygen atoms in total. The zero-order valence-electron chi connectivity index (χ0n) is 13.0. The second-order valence-corrected chi connectivity index (χ2v) is 6.97. The van der Waals surface area contributed by atoms with E-state index in [0.717, 1.165) is 6.42 Å². The van der Waals surface area contributed by atoms with E-state index >= 15 is 0 Å². The number of benzene rings is 1. The highest BCUT2D eigenvalue weighted by Crippen LogP contribution is 2.37. The predicted molar refractivity (Wildman–Crippen MR) is 88.2 cm³/mol. The number of nitrogens with one attached hydrogen (secondary N) is 1. The molecule has 4 heteroatoms. The largest absolute Gasteiger partial charge is 0.489 e. The highest BCUT2D eigenvalue weighted by Gasteiger charge is 2.32. The SMILES string of the molecule is CC1CCC(C(C)C)C(Oc2ccc(Cl)cc2C(=N)N)C1. The molecule has 1 aromatic carbocycles. The molecule has 1 fully saturated rings. The van der Waals surface area contributed by atoms with Crippen molar-refractivity contribution in [1.82, 2.24) is 0 Å². The molecule has 3 unspecified atom stereocenters. The topological polar surface area (TPSA) is 59.1 Å². The quantitative estimate of drug-likeness (QED) is 0.637. The van der Waals surface area contributed by atoms with Crippen LogP contribution in [0.25, 0.3) is 0 Å². The van der Waals surface area contributed by atoms with Gasteiger partial charge >= 0.3 is 0 Å². The molecule has 0 bridgehead atoms. The molecule has 1 aliphatic carbocycles. The van der Waals surface area contributed by atoms with Crippen molar-refractivity contribution in [1.29, 1.82) is 5.41 Å². The Hall–Kier alpha value is -1.22. The summed E-state index contributed by atoms with van der Waals surface area (Å²) in [6.45, 7) is 6.79. The van der Waals surface area contributed by atoms with E-state index < -0.39 is 0 Å². The van der Waals surface area contributed by atoms with E-state index in [1.807, 2.05) is 6.07 Å². The van der Waals surface area contributed by atoms with Gasteiger partial charge in [-0.05, 0) is 48.8 Å². The van der Waals surface area contributed by atoms with Crippen molar-refractivity contribution in [3.63, 3.8) is 0 Å². The zero-order chi connectivity index (χ0) is 15.6. The number of amidine groups is 1. The lowest BCUT2D eigenvalue weighted by Gasteiger charge is -2.37. The van der Waals surface area contributed by atoms with Crippen LogP contribution in [0.2, 0.25) is 5.02 Å². The molecule has 0 spiro atoms. The molecule has 1 saturated carbocycles. The van der Waals surface area contributed by atoms with Crippen molar-refractivity contribution in [2.24, 2.45) is 23.5 Å². The number of rotatable bonds is 4. The van der Waals surface area contributed by atoms with E-state index in [9.17, 15) is 0 Å². The van der Waals surface area contributed by atoms with Crippen molar-refractivity contribution < 1.29 is 4.74 Å². The lowest BCUT2D eigenvalue weighted by molar-refractivity contribution is 0.0459. The maximum absolute atomic E-state index is 7.70. The first-order valence-electron chi connectivity index (χ1n) is 7.69. The Morgan fingerprint density at radius 1 is 1.38 bits per heavy atom. The second kappa shape index (κ2) is 6.69. The number of nitrogens with two attached hydrogens (primary N) is 1. The van der Waals surface area contributed by atoms with Gasteiger partial charge in [0, 0.05) is 5.02 Å². The Balaban J connectivity index is 2.24. The third-order valence-corrected chi connectivity index (χ3v) is 4.71. The van der Waals surface area contributed by atoms with Crippen molar-refractivity contribution in [3.05, 3.63) is 28.8 Å². The highest BCUT2D eigenvalue weighted by molar-refractivity contribution is 6.31. The summed E-state index contributed by atoms with van der Waals surface area (Å²) < 4.78 is 6.27. The van der Waals surface area contributed by atoms with Gasteiger partial charge in [0.15, 0.2) is 0 Å². The van der Waals surface area contributed by atoms with Crippen molar-refractivity contribution in [3.8, 4) is 5.75 Å². The van der Waals surface area contributed by atoms with E-state index in [4.69, 9.17) is 27.5 Å². The number of ether oxygens (including phenoxy) is 1. The van der Waals surface area contributed by atoms with Gasteiger partial charge in [-0.3, -0.25) is 5.41 Å². The van der Waals surface area contributed by atoms with Gasteiger partial charge in [-0.1, -0.05) is 38.8 Å². The lowest BCUT2D eigenvalue weighted by atomic mass is 9.75. The fraction of sp³-hybridized carbons (Fsp3) is 0.588. The summed E-state index contributed by atoms with van der Waals surface area (Å²) in [5, 5.41) is 8.28. The Morgan fingerprint density at radius 3 is 2.71 bits per heavy atom. The average molecular weight is 309 g/mol. The molecule has 0 saturated heterocycles. The maximum atomic E-state index is 7.70. The number of nitrogen functional groups attached to an aromatic ring is 1. The molecule has 2 rings (SSSR count). The summed E-state index contributed by atoms with van der Waals surface area (Å²) >= 11 is 6.00. The number of halogens is 1. The Kier molecular flexibility index (Phi) is 5.15. The first-order chi connectivity index (χ1) is 9.88. The van der Waals surface area contributed by atoms with Crippen LogP contribution in [0.3, 0.4) is 0 Å². The number of hydrogen-bond donors (Lipinski definition) is 2. The standard InChI is InChI=1S/C17H25ClN2O/c1-10(2)13-6-4-11(3)8-16(13)21-15-7-5-12(18)9-14(15)17(19)20/h5,7,9-11,13,16H,4,6,8H2,1-3H3,(H3,19,20). The number of hydrogen-bond acceptors (Lipinski definition) is 2. The minimum absolute atomic E-state index is 0.00236. The molecule has 1 aliphatic rings. The molecule has 0 amide bonds. The smallest absolute Gasteiger partial charge is 0.130 e. The third kappa shape index (κ3) is 3.91. The lowest BCUT2D eigenvalue weighted by Crippen LogP contribution is -2.36. The van der Waals surface area contributed by atoms with Crippen LogP contribution in [0.15, 0.2) is 18.2 Å². The van der Waals surface area contributed by atoms with E-state index in [2.05, 4.69) is 20.8 Å². The molecular weight excluding hydrogens is 284 g/mol. The summed E-state index contributed by atoms with van der Waals surface area (Å²) in [5.41, 5.74) is 6.24. The van der Waals surface area contributed by atoms with Crippen LogP contribution >= 0.6 is 11.6 Å². The molecule has 0 aliphatic heterocycles. The van der Waals surface area contributed by atoms with Crippen LogP contribution in [0, 0.1) is 23.2 Å². The van der Waals surface area contributed by atoms with Gasteiger partial charge in [0.1, 0.15) is 17.7 Å². The van der Waals surface area contributed by atoms with Crippen LogP contribution in [-0.2, 0) is 0 Å². The summed E-state index contributed by atoms with van der Waals surface area (Å²) in [6, 6.07) is 5.32. The normalized spacial score (nSPS) is 25.9. The van der Waals surface area contributed by atoms with E-state index in [-0.39, 0.29) is 11.9 Å². The Morgan fingerprint density at radius 2 is 2.10 bits per heavy atom. The zero-order valence-corrected chi connectivity index (χ0v) is 13.8. The Bertz CT molecular complexity index is 516. The second-order valence-electron chi connectivity index (χ2n) is 6.54. The molecule has 3 atom stereocenters. The maximum Gasteiger partial charge on any atom is 0.130 e. The minimum Gasteiger partial charge on any atom is -0.489 e. The molecule has 3 N–H and O–H groups in total. The fourth-order valence-electron chi connectivity index (χ4n) is 3.23. The van der Waals surface area contributed by atoms with Crippen LogP contribution in [0.1, 0.15) is 45.6 Å². The monoisotopic (exact) mass is 308 g/mol. The molecule has 116 valence electrons. The van der Waals surface area contributed by atoms with Gasteiger partial charge in [0.05, 0.1) is 5.56 Å². The van der Waals surface area contributed by atoms with E-state index in [1.165, 1.54) is 12.8 Å². The molecular formula is C17H25ClN2O. The minimum atomic E-state index is -0.00236. The van der Waals surface area contributed by atoms with Crippen molar-refractivity contribution >= 4 is 17.4 Å². The molecule has 21 heavy (non-hydrogen) atoms. The summed E-state index contributed by atoms with van der Waals surface area (Å²) in [5.74, 6) is 2.50. The molecule has 0 heterocycles.